The number of hydrogen-bond donors (Lipinski definition) is 2. The minimum Gasteiger partial charge on any atom is -0.352 e. The van der Waals surface area contributed by atoms with Crippen LogP contribution >= 0.6 is 12.2 Å². The van der Waals surface area contributed by atoms with E-state index in [9.17, 15) is 4.79 Å². The monoisotopic (exact) mass is 260 g/mol. The minimum absolute atomic E-state index is 0.273. The van der Waals surface area contributed by atoms with Gasteiger partial charge in [0.2, 0.25) is 0 Å². The lowest BCUT2D eigenvalue weighted by Crippen LogP contribution is -2.13. The Balaban J connectivity index is 2.16. The molecule has 0 aliphatic heterocycles. The van der Waals surface area contributed by atoms with Crippen LogP contribution in [0.15, 0.2) is 30.7 Å². The number of rotatable bonds is 3. The summed E-state index contributed by atoms with van der Waals surface area (Å²) < 4.78 is 0.404. The summed E-state index contributed by atoms with van der Waals surface area (Å²) in [4.78, 5) is 23.0. The van der Waals surface area contributed by atoms with Gasteiger partial charge < -0.3 is 10.3 Å². The van der Waals surface area contributed by atoms with Crippen LogP contribution in [0.3, 0.4) is 0 Å². The second-order valence-corrected chi connectivity index (χ2v) is 4.02. The molecule has 0 bridgehead atoms. The first-order chi connectivity index (χ1) is 8.70. The molecule has 2 aromatic rings. The summed E-state index contributed by atoms with van der Waals surface area (Å²) in [5.74, 6) is 0.467. The Morgan fingerprint density at radius 1 is 1.44 bits per heavy atom. The van der Waals surface area contributed by atoms with Gasteiger partial charge in [-0.1, -0.05) is 19.1 Å². The number of carbonyl (C=O) groups excluding carboxylic acids is 1. The predicted octanol–water partition coefficient (Wildman–Crippen LogP) is 2.35. The van der Waals surface area contributed by atoms with E-state index in [1.807, 2.05) is 6.92 Å². The molecule has 0 spiro atoms. The number of nitrogens with zero attached hydrogens (tertiary/aromatic N) is 2. The zero-order valence-electron chi connectivity index (χ0n) is 9.80. The summed E-state index contributed by atoms with van der Waals surface area (Å²) in [6.07, 6.45) is 5.61. The fraction of sp³-hybridized carbons (Fsp3) is 0.167. The average Bonchev–Trinajstić information content (AvgIpc) is 2.40. The van der Waals surface area contributed by atoms with Crippen LogP contribution in [0.2, 0.25) is 0 Å². The molecule has 0 atom stereocenters. The molecule has 2 heterocycles. The zero-order chi connectivity index (χ0) is 13.0. The maximum absolute atomic E-state index is 11.9. The maximum Gasteiger partial charge on any atom is 0.258 e. The highest BCUT2D eigenvalue weighted by molar-refractivity contribution is 7.71. The third kappa shape index (κ3) is 2.78. The average molecular weight is 260 g/mol. The molecular weight excluding hydrogens is 248 g/mol. The van der Waals surface area contributed by atoms with Crippen molar-refractivity contribution in [1.82, 2.24) is 15.0 Å². The van der Waals surface area contributed by atoms with E-state index in [1.165, 1.54) is 0 Å². The first-order valence-electron chi connectivity index (χ1n) is 5.50. The second kappa shape index (κ2) is 5.50. The lowest BCUT2D eigenvalue weighted by atomic mass is 10.2. The van der Waals surface area contributed by atoms with Gasteiger partial charge in [0.15, 0.2) is 0 Å². The molecule has 2 rings (SSSR count). The summed E-state index contributed by atoms with van der Waals surface area (Å²) in [6.45, 7) is 1.97. The lowest BCUT2D eigenvalue weighted by Gasteiger charge is -2.04. The summed E-state index contributed by atoms with van der Waals surface area (Å²) >= 11 is 5.04. The van der Waals surface area contributed by atoms with Crippen molar-refractivity contribution in [1.29, 1.82) is 0 Å². The van der Waals surface area contributed by atoms with E-state index in [-0.39, 0.29) is 5.91 Å². The molecular formula is C12H12N4OS. The summed E-state index contributed by atoms with van der Waals surface area (Å²) in [5, 5.41) is 2.70. The predicted molar refractivity (Wildman–Crippen MR) is 71.0 cm³/mol. The molecule has 2 N–H and O–H groups in total. The Hall–Kier alpha value is -2.08. The normalized spacial score (nSPS) is 10.1. The molecule has 0 aliphatic rings. The van der Waals surface area contributed by atoms with Gasteiger partial charge in [0.05, 0.1) is 23.6 Å². The molecule has 0 aromatic carbocycles. The van der Waals surface area contributed by atoms with Gasteiger partial charge in [0.1, 0.15) is 10.5 Å². The molecule has 0 unspecified atom stereocenters. The van der Waals surface area contributed by atoms with Crippen molar-refractivity contribution in [2.45, 2.75) is 13.3 Å². The fourth-order valence-corrected chi connectivity index (χ4v) is 1.63. The number of anilines is 1. The van der Waals surface area contributed by atoms with Gasteiger partial charge in [-0.15, -0.1) is 0 Å². The number of aryl methyl sites for hydroxylation is 1. The van der Waals surface area contributed by atoms with E-state index < -0.39 is 0 Å². The molecule has 0 aliphatic carbocycles. The number of amides is 1. The van der Waals surface area contributed by atoms with Crippen LogP contribution in [0.4, 0.5) is 5.69 Å². The molecule has 0 saturated carbocycles. The Labute approximate surface area is 109 Å². The molecule has 1 amide bonds. The Morgan fingerprint density at radius 3 is 2.78 bits per heavy atom. The SMILES string of the molecule is CCc1ncc(NC(=O)c2ccc[nH]c2=S)cn1. The molecule has 0 saturated heterocycles. The summed E-state index contributed by atoms with van der Waals surface area (Å²) in [7, 11) is 0. The fourth-order valence-electron chi connectivity index (χ4n) is 1.40. The van der Waals surface area contributed by atoms with Crippen molar-refractivity contribution in [3.05, 3.63) is 46.8 Å². The van der Waals surface area contributed by atoms with E-state index in [2.05, 4.69) is 20.3 Å². The van der Waals surface area contributed by atoms with Crippen LogP contribution in [-0.2, 0) is 6.42 Å². The zero-order valence-corrected chi connectivity index (χ0v) is 10.6. The van der Waals surface area contributed by atoms with Crippen LogP contribution < -0.4 is 5.32 Å². The quantitative estimate of drug-likeness (QED) is 0.831. The van der Waals surface area contributed by atoms with Crippen molar-refractivity contribution in [3.63, 3.8) is 0 Å². The highest BCUT2D eigenvalue weighted by atomic mass is 32.1. The van der Waals surface area contributed by atoms with Gasteiger partial charge in [-0.3, -0.25) is 4.79 Å². The van der Waals surface area contributed by atoms with Crippen LogP contribution in [0.25, 0.3) is 0 Å². The number of aromatic nitrogens is 3. The summed E-state index contributed by atoms with van der Waals surface area (Å²) in [5.41, 5.74) is 0.975. The Kier molecular flexibility index (Phi) is 3.78. The number of H-pyrrole nitrogens is 1. The molecule has 6 heteroatoms. The van der Waals surface area contributed by atoms with Gasteiger partial charge >= 0.3 is 0 Å². The standard InChI is InChI=1S/C12H12N4OS/c1-2-10-14-6-8(7-15-10)16-11(17)9-4-3-5-13-12(9)18/h3-7H,2H2,1H3,(H,13,18)(H,16,17). The molecule has 0 radical (unpaired) electrons. The lowest BCUT2D eigenvalue weighted by molar-refractivity contribution is 0.102. The third-order valence-corrected chi connectivity index (χ3v) is 2.68. The van der Waals surface area contributed by atoms with Crippen LogP contribution in [0, 0.1) is 4.64 Å². The smallest absolute Gasteiger partial charge is 0.258 e. The molecule has 5 nitrogen and oxygen atoms in total. The largest absolute Gasteiger partial charge is 0.352 e. The van der Waals surface area contributed by atoms with Crippen LogP contribution in [-0.4, -0.2) is 20.9 Å². The molecule has 2 aromatic heterocycles. The molecule has 18 heavy (non-hydrogen) atoms. The van der Waals surface area contributed by atoms with Gasteiger partial charge in [-0.25, -0.2) is 9.97 Å². The van der Waals surface area contributed by atoms with E-state index in [0.717, 1.165) is 12.2 Å². The van der Waals surface area contributed by atoms with Crippen LogP contribution in [0.1, 0.15) is 23.1 Å². The van der Waals surface area contributed by atoms with Crippen molar-refractivity contribution in [2.24, 2.45) is 0 Å². The number of aromatic amines is 1. The summed E-state index contributed by atoms with van der Waals surface area (Å²) in [6, 6.07) is 3.39. The van der Waals surface area contributed by atoms with Crippen molar-refractivity contribution < 1.29 is 4.79 Å². The topological polar surface area (TPSA) is 70.7 Å². The van der Waals surface area contributed by atoms with E-state index in [4.69, 9.17) is 12.2 Å². The first-order valence-corrected chi connectivity index (χ1v) is 5.91. The number of carbonyl (C=O) groups is 1. The highest BCUT2D eigenvalue weighted by Gasteiger charge is 2.08. The number of nitrogens with one attached hydrogen (secondary N) is 2. The van der Waals surface area contributed by atoms with E-state index in [1.54, 1.807) is 30.7 Å². The van der Waals surface area contributed by atoms with Gasteiger partial charge in [-0.2, -0.15) is 0 Å². The number of hydrogen-bond acceptors (Lipinski definition) is 4. The Bertz CT molecular complexity index is 606. The van der Waals surface area contributed by atoms with E-state index in [0.29, 0.717) is 15.9 Å². The second-order valence-electron chi connectivity index (χ2n) is 3.61. The first kappa shape index (κ1) is 12.4. The van der Waals surface area contributed by atoms with Gasteiger partial charge in [0, 0.05) is 12.6 Å². The van der Waals surface area contributed by atoms with Gasteiger partial charge in [-0.05, 0) is 12.1 Å². The minimum atomic E-state index is -0.273. The van der Waals surface area contributed by atoms with Gasteiger partial charge in [0.25, 0.3) is 5.91 Å². The molecule has 0 fully saturated rings. The van der Waals surface area contributed by atoms with Crippen LogP contribution in [0.5, 0.6) is 0 Å². The Morgan fingerprint density at radius 2 is 2.17 bits per heavy atom. The van der Waals surface area contributed by atoms with E-state index >= 15 is 0 Å². The van der Waals surface area contributed by atoms with Crippen molar-refractivity contribution in [2.75, 3.05) is 5.32 Å². The maximum atomic E-state index is 11.9. The van der Waals surface area contributed by atoms with Crippen molar-refractivity contribution in [3.8, 4) is 0 Å². The third-order valence-electron chi connectivity index (χ3n) is 2.34. The van der Waals surface area contributed by atoms with Crippen molar-refractivity contribution >= 4 is 23.8 Å². The highest BCUT2D eigenvalue weighted by Crippen LogP contribution is 2.07. The number of pyridine rings is 1. The molecule has 92 valence electrons.